The molecule has 4 N–H and O–H groups in total. The van der Waals surface area contributed by atoms with Gasteiger partial charge in [-0.3, -0.25) is 0 Å². The van der Waals surface area contributed by atoms with Crippen LogP contribution in [0.5, 0.6) is 0 Å². The summed E-state index contributed by atoms with van der Waals surface area (Å²) in [5.74, 6) is 0. The molecule has 1 aromatic carbocycles. The van der Waals surface area contributed by atoms with Gasteiger partial charge in [-0.15, -0.1) is 0 Å². The Morgan fingerprint density at radius 3 is 2.16 bits per heavy atom. The van der Waals surface area contributed by atoms with Crippen molar-refractivity contribution in [3.63, 3.8) is 0 Å². The summed E-state index contributed by atoms with van der Waals surface area (Å²) < 4.78 is 23.4. The maximum absolute atomic E-state index is 11.7. The van der Waals surface area contributed by atoms with Gasteiger partial charge in [-0.25, -0.2) is 13.6 Å². The highest BCUT2D eigenvalue weighted by molar-refractivity contribution is 7.89. The molecule has 1 fully saturated rings. The molecule has 19 heavy (non-hydrogen) atoms. The predicted molar refractivity (Wildman–Crippen MR) is 77.5 cm³/mol. The van der Waals surface area contributed by atoms with Crippen molar-refractivity contribution in [3.8, 4) is 0 Å². The topological polar surface area (TPSA) is 89.4 Å². The van der Waals surface area contributed by atoms with Crippen LogP contribution in [0.3, 0.4) is 0 Å². The maximum Gasteiger partial charge on any atom is 0.240 e. The summed E-state index contributed by atoms with van der Waals surface area (Å²) in [4.78, 5) is 2.24. The summed E-state index contributed by atoms with van der Waals surface area (Å²) in [6, 6.07) is 4.93. The number of hydrogen-bond donors (Lipinski definition) is 2. The molecule has 0 aromatic heterocycles. The molecule has 1 aliphatic heterocycles. The highest BCUT2D eigenvalue weighted by Crippen LogP contribution is 2.28. The third kappa shape index (κ3) is 3.61. The Balaban J connectivity index is 2.37. The van der Waals surface area contributed by atoms with E-state index in [0.717, 1.165) is 25.9 Å². The maximum atomic E-state index is 11.7. The van der Waals surface area contributed by atoms with Gasteiger partial charge in [-0.05, 0) is 31.0 Å². The van der Waals surface area contributed by atoms with Crippen LogP contribution >= 0.6 is 0 Å². The Bertz CT molecular complexity index is 535. The largest absolute Gasteiger partial charge is 0.399 e. The molecule has 0 amide bonds. The van der Waals surface area contributed by atoms with E-state index in [-0.39, 0.29) is 4.90 Å². The molecule has 106 valence electrons. The number of sulfonamides is 1. The van der Waals surface area contributed by atoms with Gasteiger partial charge in [-0.2, -0.15) is 0 Å². The fourth-order valence-corrected chi connectivity index (χ4v) is 3.30. The summed E-state index contributed by atoms with van der Waals surface area (Å²) in [6.07, 6.45) is 5.80. The van der Waals surface area contributed by atoms with Gasteiger partial charge in [0.1, 0.15) is 4.90 Å². The third-order valence-corrected chi connectivity index (χ3v) is 4.43. The van der Waals surface area contributed by atoms with Crippen molar-refractivity contribution in [3.05, 3.63) is 18.2 Å². The van der Waals surface area contributed by atoms with E-state index >= 15 is 0 Å². The van der Waals surface area contributed by atoms with E-state index in [4.69, 9.17) is 10.9 Å². The summed E-state index contributed by atoms with van der Waals surface area (Å²) >= 11 is 0. The second kappa shape index (κ2) is 5.79. The zero-order chi connectivity index (χ0) is 13.9. The van der Waals surface area contributed by atoms with Crippen molar-refractivity contribution in [1.82, 2.24) is 0 Å². The van der Waals surface area contributed by atoms with Crippen molar-refractivity contribution in [2.75, 3.05) is 23.7 Å². The van der Waals surface area contributed by atoms with Gasteiger partial charge in [0.05, 0.1) is 5.69 Å². The standard InChI is InChI=1S/C13H21N3O2S/c14-11-6-7-12(13(10-11)19(15,17)18)16-8-4-2-1-3-5-9-16/h6-7,10H,1-5,8-9,14H2,(H2,15,17,18). The first-order valence-corrected chi connectivity index (χ1v) is 8.20. The van der Waals surface area contributed by atoms with E-state index in [1.165, 1.54) is 25.3 Å². The number of nitrogens with zero attached hydrogens (tertiary/aromatic N) is 1. The van der Waals surface area contributed by atoms with Gasteiger partial charge in [-0.1, -0.05) is 19.3 Å². The van der Waals surface area contributed by atoms with E-state index in [9.17, 15) is 8.42 Å². The fraction of sp³-hybridized carbons (Fsp3) is 0.538. The lowest BCUT2D eigenvalue weighted by molar-refractivity contribution is 0.553. The Labute approximate surface area is 114 Å². The normalized spacial score (nSPS) is 17.8. The highest BCUT2D eigenvalue weighted by Gasteiger charge is 2.19. The van der Waals surface area contributed by atoms with Crippen LogP contribution in [0.15, 0.2) is 23.1 Å². The molecule has 1 heterocycles. The molecule has 1 aromatic rings. The second-order valence-electron chi connectivity index (χ2n) is 5.03. The molecule has 0 bridgehead atoms. The van der Waals surface area contributed by atoms with Gasteiger partial charge in [0, 0.05) is 18.8 Å². The molecule has 1 saturated heterocycles. The summed E-state index contributed by atoms with van der Waals surface area (Å²) in [7, 11) is -3.75. The molecular weight excluding hydrogens is 262 g/mol. The molecular formula is C13H21N3O2S. The molecule has 6 heteroatoms. The number of nitrogens with two attached hydrogens (primary N) is 2. The number of rotatable bonds is 2. The van der Waals surface area contributed by atoms with Crippen molar-refractivity contribution in [1.29, 1.82) is 0 Å². The van der Waals surface area contributed by atoms with E-state index < -0.39 is 10.0 Å². The predicted octanol–water partition coefficient (Wildman–Crippen LogP) is 1.69. The molecule has 0 atom stereocenters. The summed E-state index contributed by atoms with van der Waals surface area (Å²) in [5, 5.41) is 5.29. The molecule has 0 unspecified atom stereocenters. The highest BCUT2D eigenvalue weighted by atomic mass is 32.2. The van der Waals surface area contributed by atoms with Gasteiger partial charge in [0.15, 0.2) is 0 Å². The minimum atomic E-state index is -3.75. The molecule has 0 aliphatic carbocycles. The Morgan fingerprint density at radius 2 is 1.58 bits per heavy atom. The van der Waals surface area contributed by atoms with E-state index in [0.29, 0.717) is 11.4 Å². The average Bonchev–Trinajstić information content (AvgIpc) is 2.28. The number of primary sulfonamides is 1. The Kier molecular flexibility index (Phi) is 4.31. The molecule has 2 rings (SSSR count). The summed E-state index contributed by atoms with van der Waals surface area (Å²) in [6.45, 7) is 1.73. The summed E-state index contributed by atoms with van der Waals surface area (Å²) in [5.41, 5.74) is 6.77. The number of anilines is 2. The molecule has 0 radical (unpaired) electrons. The van der Waals surface area contributed by atoms with Crippen LogP contribution in [0.25, 0.3) is 0 Å². The van der Waals surface area contributed by atoms with Gasteiger partial charge >= 0.3 is 0 Å². The fourth-order valence-electron chi connectivity index (χ4n) is 2.51. The van der Waals surface area contributed by atoms with Crippen molar-refractivity contribution in [2.45, 2.75) is 37.0 Å². The first-order chi connectivity index (χ1) is 8.98. The SMILES string of the molecule is Nc1ccc(N2CCCCCCC2)c(S(N)(=O)=O)c1. The third-order valence-electron chi connectivity index (χ3n) is 3.49. The van der Waals surface area contributed by atoms with Gasteiger partial charge < -0.3 is 10.6 Å². The van der Waals surface area contributed by atoms with Crippen LogP contribution in [0.1, 0.15) is 32.1 Å². The zero-order valence-electron chi connectivity index (χ0n) is 11.0. The van der Waals surface area contributed by atoms with E-state index in [1.54, 1.807) is 12.1 Å². The van der Waals surface area contributed by atoms with Crippen molar-refractivity contribution in [2.24, 2.45) is 5.14 Å². The van der Waals surface area contributed by atoms with Crippen LogP contribution < -0.4 is 15.8 Å². The second-order valence-corrected chi connectivity index (χ2v) is 6.56. The monoisotopic (exact) mass is 283 g/mol. The smallest absolute Gasteiger partial charge is 0.240 e. The quantitative estimate of drug-likeness (QED) is 0.808. The Hall–Kier alpha value is -1.27. The van der Waals surface area contributed by atoms with Crippen molar-refractivity contribution >= 4 is 21.4 Å². The first-order valence-electron chi connectivity index (χ1n) is 6.66. The van der Waals surface area contributed by atoms with Crippen LogP contribution in [0.4, 0.5) is 11.4 Å². The van der Waals surface area contributed by atoms with Gasteiger partial charge in [0.2, 0.25) is 10.0 Å². The minimum Gasteiger partial charge on any atom is -0.399 e. The van der Waals surface area contributed by atoms with Crippen molar-refractivity contribution < 1.29 is 8.42 Å². The zero-order valence-corrected chi connectivity index (χ0v) is 11.8. The molecule has 0 spiro atoms. The van der Waals surface area contributed by atoms with Crippen LogP contribution in [-0.2, 0) is 10.0 Å². The van der Waals surface area contributed by atoms with E-state index in [2.05, 4.69) is 4.90 Å². The minimum absolute atomic E-state index is 0.132. The number of hydrogen-bond acceptors (Lipinski definition) is 4. The molecule has 0 saturated carbocycles. The molecule has 1 aliphatic rings. The Morgan fingerprint density at radius 1 is 1.00 bits per heavy atom. The first kappa shape index (κ1) is 14.1. The number of nitrogen functional groups attached to an aromatic ring is 1. The van der Waals surface area contributed by atoms with Gasteiger partial charge in [0.25, 0.3) is 0 Å². The molecule has 5 nitrogen and oxygen atoms in total. The number of benzene rings is 1. The average molecular weight is 283 g/mol. The lowest BCUT2D eigenvalue weighted by Gasteiger charge is -2.28. The van der Waals surface area contributed by atoms with Crippen LogP contribution in [-0.4, -0.2) is 21.5 Å². The van der Waals surface area contributed by atoms with Crippen LogP contribution in [0.2, 0.25) is 0 Å². The van der Waals surface area contributed by atoms with E-state index in [1.807, 2.05) is 0 Å². The lowest BCUT2D eigenvalue weighted by atomic mass is 10.1. The lowest BCUT2D eigenvalue weighted by Crippen LogP contribution is -2.29. The van der Waals surface area contributed by atoms with Crippen LogP contribution in [0, 0.1) is 0 Å².